The smallest absolute Gasteiger partial charge is 0.128 e. The van der Waals surface area contributed by atoms with Crippen LogP contribution in [0.1, 0.15) is 19.8 Å². The van der Waals surface area contributed by atoms with Gasteiger partial charge in [-0.3, -0.25) is 4.90 Å². The Bertz CT molecular complexity index is 380. The summed E-state index contributed by atoms with van der Waals surface area (Å²) in [7, 11) is 0. The summed E-state index contributed by atoms with van der Waals surface area (Å²) in [6.07, 6.45) is 3.64. The van der Waals surface area contributed by atoms with Crippen LogP contribution in [0.2, 0.25) is 0 Å². The summed E-state index contributed by atoms with van der Waals surface area (Å²) in [6.45, 7) is 7.87. The van der Waals surface area contributed by atoms with Gasteiger partial charge in [0.05, 0.1) is 12.7 Å². The van der Waals surface area contributed by atoms with Crippen molar-refractivity contribution in [3.8, 4) is 0 Å². The van der Waals surface area contributed by atoms with Crippen molar-refractivity contribution in [1.82, 2.24) is 9.88 Å². The van der Waals surface area contributed by atoms with E-state index in [1.165, 1.54) is 0 Å². The van der Waals surface area contributed by atoms with Crippen LogP contribution in [0.5, 0.6) is 0 Å². The molecule has 21 heavy (non-hydrogen) atoms. The van der Waals surface area contributed by atoms with E-state index >= 15 is 0 Å². The summed E-state index contributed by atoms with van der Waals surface area (Å²) in [5, 5.41) is 9.99. The van der Waals surface area contributed by atoms with Gasteiger partial charge in [0.25, 0.3) is 0 Å². The molecule has 1 aliphatic heterocycles. The number of aromatic nitrogens is 1. The van der Waals surface area contributed by atoms with E-state index in [1.807, 2.05) is 24.4 Å². The fraction of sp³-hybridized carbons (Fsp3) is 0.688. The van der Waals surface area contributed by atoms with Crippen LogP contribution in [0.15, 0.2) is 24.4 Å². The predicted octanol–water partition coefficient (Wildman–Crippen LogP) is 1.38. The maximum Gasteiger partial charge on any atom is 0.128 e. The number of piperazine rings is 1. The number of aliphatic hydroxyl groups is 1. The van der Waals surface area contributed by atoms with Gasteiger partial charge in [-0.2, -0.15) is 0 Å². The van der Waals surface area contributed by atoms with E-state index in [1.54, 1.807) is 0 Å². The average molecular weight is 293 g/mol. The van der Waals surface area contributed by atoms with Crippen LogP contribution in [-0.4, -0.2) is 67.0 Å². The Kier molecular flexibility index (Phi) is 6.92. The van der Waals surface area contributed by atoms with Gasteiger partial charge in [0.1, 0.15) is 5.82 Å². The molecule has 118 valence electrons. The monoisotopic (exact) mass is 293 g/mol. The molecule has 1 aromatic rings. The highest BCUT2D eigenvalue weighted by Gasteiger charge is 2.19. The standard InChI is InChI=1S/C16H27N3O2/c1-2-3-12-21-14-15(20)13-18-8-10-19(11-9-18)16-6-4-5-7-17-16/h4-7,15,20H,2-3,8-14H2,1H3/t15-/m1/s1. The van der Waals surface area contributed by atoms with Crippen molar-refractivity contribution in [2.45, 2.75) is 25.9 Å². The molecule has 2 rings (SSSR count). The first-order chi connectivity index (χ1) is 10.3. The Hall–Kier alpha value is -1.17. The van der Waals surface area contributed by atoms with Crippen LogP contribution >= 0.6 is 0 Å². The van der Waals surface area contributed by atoms with Gasteiger partial charge >= 0.3 is 0 Å². The topological polar surface area (TPSA) is 48.8 Å². The minimum atomic E-state index is -0.386. The highest BCUT2D eigenvalue weighted by Crippen LogP contribution is 2.12. The molecule has 0 saturated carbocycles. The normalized spacial score (nSPS) is 17.9. The summed E-state index contributed by atoms with van der Waals surface area (Å²) in [5.41, 5.74) is 0. The molecule has 0 spiro atoms. The maximum absolute atomic E-state index is 9.99. The molecule has 1 atom stereocenters. The number of unbranched alkanes of at least 4 members (excludes halogenated alkanes) is 1. The third-order valence-corrected chi connectivity index (χ3v) is 3.77. The van der Waals surface area contributed by atoms with Gasteiger partial charge in [-0.05, 0) is 18.6 Å². The van der Waals surface area contributed by atoms with Crippen LogP contribution in [0.3, 0.4) is 0 Å². The largest absolute Gasteiger partial charge is 0.389 e. The third-order valence-electron chi connectivity index (χ3n) is 3.77. The molecule has 0 amide bonds. The van der Waals surface area contributed by atoms with E-state index < -0.39 is 0 Å². The second kappa shape index (κ2) is 8.97. The lowest BCUT2D eigenvalue weighted by atomic mass is 10.2. The number of nitrogens with zero attached hydrogens (tertiary/aromatic N) is 3. The molecule has 2 heterocycles. The molecule has 0 aliphatic carbocycles. The van der Waals surface area contributed by atoms with Crippen LogP contribution < -0.4 is 4.90 Å². The van der Waals surface area contributed by atoms with Crippen molar-refractivity contribution in [2.75, 3.05) is 50.8 Å². The molecule has 1 aliphatic rings. The number of ether oxygens (including phenoxy) is 1. The summed E-state index contributed by atoms with van der Waals surface area (Å²) in [4.78, 5) is 8.98. The number of anilines is 1. The highest BCUT2D eigenvalue weighted by molar-refractivity contribution is 5.38. The molecular weight excluding hydrogens is 266 g/mol. The van der Waals surface area contributed by atoms with Gasteiger partial charge in [-0.15, -0.1) is 0 Å². The van der Waals surface area contributed by atoms with Crippen LogP contribution in [-0.2, 0) is 4.74 Å². The van der Waals surface area contributed by atoms with Crippen molar-refractivity contribution < 1.29 is 9.84 Å². The van der Waals surface area contributed by atoms with Gasteiger partial charge in [0, 0.05) is 45.5 Å². The molecule has 0 radical (unpaired) electrons. The van der Waals surface area contributed by atoms with Crippen molar-refractivity contribution >= 4 is 5.82 Å². The fourth-order valence-electron chi connectivity index (χ4n) is 2.52. The SMILES string of the molecule is CCCCOC[C@H](O)CN1CCN(c2ccccn2)CC1. The molecular formula is C16H27N3O2. The highest BCUT2D eigenvalue weighted by atomic mass is 16.5. The number of hydrogen-bond acceptors (Lipinski definition) is 5. The fourth-order valence-corrected chi connectivity index (χ4v) is 2.52. The summed E-state index contributed by atoms with van der Waals surface area (Å²) >= 11 is 0. The Morgan fingerprint density at radius 1 is 1.29 bits per heavy atom. The molecule has 0 aromatic carbocycles. The van der Waals surface area contributed by atoms with Crippen LogP contribution in [0.25, 0.3) is 0 Å². The first-order valence-corrected chi connectivity index (χ1v) is 7.93. The third kappa shape index (κ3) is 5.61. The zero-order valence-corrected chi connectivity index (χ0v) is 12.9. The number of β-amino-alcohol motifs (C(OH)–C–C–N with tert-alkyl or cyclic N) is 1. The van der Waals surface area contributed by atoms with Gasteiger partial charge in [-0.1, -0.05) is 19.4 Å². The van der Waals surface area contributed by atoms with Crippen LogP contribution in [0, 0.1) is 0 Å². The van der Waals surface area contributed by atoms with E-state index in [-0.39, 0.29) is 6.10 Å². The van der Waals surface area contributed by atoms with Gasteiger partial charge in [-0.25, -0.2) is 4.98 Å². The van der Waals surface area contributed by atoms with E-state index in [9.17, 15) is 5.11 Å². The second-order valence-electron chi connectivity index (χ2n) is 5.56. The zero-order chi connectivity index (χ0) is 14.9. The molecule has 0 bridgehead atoms. The Morgan fingerprint density at radius 3 is 2.76 bits per heavy atom. The molecule has 1 saturated heterocycles. The lowest BCUT2D eigenvalue weighted by Gasteiger charge is -2.36. The average Bonchev–Trinajstić information content (AvgIpc) is 2.53. The Balaban J connectivity index is 1.65. The number of hydrogen-bond donors (Lipinski definition) is 1. The summed E-state index contributed by atoms with van der Waals surface area (Å²) in [6, 6.07) is 6.01. The molecule has 0 unspecified atom stereocenters. The van der Waals surface area contributed by atoms with Gasteiger partial charge < -0.3 is 14.7 Å². The second-order valence-corrected chi connectivity index (χ2v) is 5.56. The Morgan fingerprint density at radius 2 is 2.10 bits per heavy atom. The van der Waals surface area contributed by atoms with E-state index in [4.69, 9.17) is 4.74 Å². The van der Waals surface area contributed by atoms with Crippen molar-refractivity contribution in [3.63, 3.8) is 0 Å². The first kappa shape index (κ1) is 16.2. The molecule has 1 aromatic heterocycles. The number of rotatable bonds is 8. The molecule has 1 N–H and O–H groups in total. The molecule has 5 heteroatoms. The lowest BCUT2D eigenvalue weighted by molar-refractivity contribution is 0.0150. The minimum Gasteiger partial charge on any atom is -0.389 e. The summed E-state index contributed by atoms with van der Waals surface area (Å²) < 4.78 is 5.47. The zero-order valence-electron chi connectivity index (χ0n) is 12.9. The van der Waals surface area contributed by atoms with E-state index in [0.717, 1.165) is 51.4 Å². The molecule has 1 fully saturated rings. The minimum absolute atomic E-state index is 0.386. The quantitative estimate of drug-likeness (QED) is 0.734. The summed E-state index contributed by atoms with van der Waals surface area (Å²) in [5.74, 6) is 1.04. The van der Waals surface area contributed by atoms with E-state index in [0.29, 0.717) is 13.2 Å². The maximum atomic E-state index is 9.99. The van der Waals surface area contributed by atoms with Crippen molar-refractivity contribution in [1.29, 1.82) is 0 Å². The Labute approximate surface area is 127 Å². The van der Waals surface area contributed by atoms with Crippen LogP contribution in [0.4, 0.5) is 5.82 Å². The van der Waals surface area contributed by atoms with E-state index in [2.05, 4.69) is 21.7 Å². The number of pyridine rings is 1. The predicted molar refractivity (Wildman–Crippen MR) is 84.6 cm³/mol. The molecule has 5 nitrogen and oxygen atoms in total. The van der Waals surface area contributed by atoms with Crippen molar-refractivity contribution in [3.05, 3.63) is 24.4 Å². The number of aliphatic hydroxyl groups excluding tert-OH is 1. The lowest BCUT2D eigenvalue weighted by Crippen LogP contribution is -2.49. The van der Waals surface area contributed by atoms with Gasteiger partial charge in [0.2, 0.25) is 0 Å². The first-order valence-electron chi connectivity index (χ1n) is 7.93. The van der Waals surface area contributed by atoms with Gasteiger partial charge in [0.15, 0.2) is 0 Å². The van der Waals surface area contributed by atoms with Crippen molar-refractivity contribution in [2.24, 2.45) is 0 Å².